The molecule has 3 heteroatoms. The number of piperidine rings is 3. The minimum atomic E-state index is -0.499. The maximum absolute atomic E-state index is 12.2. The van der Waals surface area contributed by atoms with Crippen LogP contribution in [-0.4, -0.2) is 28.7 Å². The van der Waals surface area contributed by atoms with E-state index in [-0.39, 0.29) is 23.0 Å². The fourth-order valence-corrected chi connectivity index (χ4v) is 7.69. The zero-order valence-corrected chi connectivity index (χ0v) is 23.2. The summed E-state index contributed by atoms with van der Waals surface area (Å²) in [7, 11) is 0. The third-order valence-corrected chi connectivity index (χ3v) is 9.54. The number of rotatable bonds is 5. The largest absolute Gasteiger partial charge is 1.00 e. The second kappa shape index (κ2) is 9.96. The summed E-state index contributed by atoms with van der Waals surface area (Å²) in [5.41, 5.74) is 2.50. The molecule has 3 fully saturated rings. The zero-order chi connectivity index (χ0) is 25.0. The van der Waals surface area contributed by atoms with E-state index in [1.54, 1.807) is 0 Å². The monoisotopic (exact) mass is 563 g/mol. The van der Waals surface area contributed by atoms with Crippen molar-refractivity contribution in [3.05, 3.63) is 121 Å². The van der Waals surface area contributed by atoms with Gasteiger partial charge in [0.1, 0.15) is 18.7 Å². The molecule has 2 nitrogen and oxygen atoms in total. The van der Waals surface area contributed by atoms with Gasteiger partial charge in [0, 0.05) is 24.3 Å². The van der Waals surface area contributed by atoms with Crippen LogP contribution >= 0.6 is 0 Å². The van der Waals surface area contributed by atoms with Crippen molar-refractivity contribution in [3.8, 4) is 0 Å². The standard InChI is InChI=1S/C35H34NO.BrH/c1-2-24-22-36(23-33-30-15-7-4-11-27(30)20-28-12-5-8-16-31(28)33)19-18-26(24)21-34(36)35(37)32-17-9-13-25-10-3-6-14-29(25)32;/h2-17,20,24,26,34-35,37H,1,18-19,21-23H2;1H/q+1;/p-1. The van der Waals surface area contributed by atoms with E-state index in [1.165, 1.54) is 44.3 Å². The van der Waals surface area contributed by atoms with Crippen molar-refractivity contribution in [3.63, 3.8) is 0 Å². The maximum Gasteiger partial charge on any atom is 0.131 e. The van der Waals surface area contributed by atoms with Gasteiger partial charge in [0.15, 0.2) is 0 Å². The Morgan fingerprint density at radius 1 is 0.816 bits per heavy atom. The number of aliphatic hydroxyl groups excluding tert-OH is 1. The summed E-state index contributed by atoms with van der Waals surface area (Å²) in [4.78, 5) is 0. The number of hydrogen-bond acceptors (Lipinski definition) is 1. The Hall–Kier alpha value is -2.98. The molecule has 2 bridgehead atoms. The molecule has 3 saturated heterocycles. The highest BCUT2D eigenvalue weighted by molar-refractivity contribution is 6.02. The Morgan fingerprint density at radius 3 is 2.11 bits per heavy atom. The molecule has 0 aromatic heterocycles. The summed E-state index contributed by atoms with van der Waals surface area (Å²) < 4.78 is 0.926. The van der Waals surface area contributed by atoms with Gasteiger partial charge in [-0.3, -0.25) is 0 Å². The zero-order valence-electron chi connectivity index (χ0n) is 21.6. The summed E-state index contributed by atoms with van der Waals surface area (Å²) >= 11 is 0. The van der Waals surface area contributed by atoms with Crippen molar-refractivity contribution in [2.75, 3.05) is 13.1 Å². The molecule has 0 saturated carbocycles. The van der Waals surface area contributed by atoms with Crippen LogP contribution in [0.3, 0.4) is 0 Å². The molecule has 5 atom stereocenters. The molecular formula is C35H34BrNO. The molecule has 0 spiro atoms. The summed E-state index contributed by atoms with van der Waals surface area (Å²) in [6.45, 7) is 7.34. The molecule has 8 rings (SSSR count). The first-order valence-electron chi connectivity index (χ1n) is 13.7. The predicted molar refractivity (Wildman–Crippen MR) is 154 cm³/mol. The number of aliphatic hydroxyl groups is 1. The first kappa shape index (κ1) is 25.3. The van der Waals surface area contributed by atoms with Crippen LogP contribution in [0.15, 0.2) is 110 Å². The molecule has 3 aliphatic rings. The van der Waals surface area contributed by atoms with E-state index in [0.29, 0.717) is 11.8 Å². The van der Waals surface area contributed by atoms with Gasteiger partial charge in [-0.15, -0.1) is 6.58 Å². The van der Waals surface area contributed by atoms with E-state index in [4.69, 9.17) is 0 Å². The van der Waals surface area contributed by atoms with E-state index >= 15 is 0 Å². The first-order chi connectivity index (χ1) is 18.2. The van der Waals surface area contributed by atoms with E-state index in [2.05, 4.69) is 110 Å². The number of nitrogens with zero attached hydrogens (tertiary/aromatic N) is 1. The maximum atomic E-state index is 12.2. The van der Waals surface area contributed by atoms with Crippen LogP contribution in [0.4, 0.5) is 0 Å². The number of halogens is 1. The van der Waals surface area contributed by atoms with Crippen LogP contribution in [-0.2, 0) is 6.54 Å². The average Bonchev–Trinajstić information content (AvgIpc) is 2.96. The predicted octanol–water partition coefficient (Wildman–Crippen LogP) is 4.80. The van der Waals surface area contributed by atoms with Crippen LogP contribution in [0.25, 0.3) is 32.3 Å². The minimum absolute atomic E-state index is 0. The molecular weight excluding hydrogens is 530 g/mol. The van der Waals surface area contributed by atoms with Crippen molar-refractivity contribution in [1.82, 2.24) is 0 Å². The van der Waals surface area contributed by atoms with Crippen molar-refractivity contribution in [1.29, 1.82) is 0 Å². The van der Waals surface area contributed by atoms with Crippen LogP contribution in [0, 0.1) is 11.8 Å². The van der Waals surface area contributed by atoms with Crippen molar-refractivity contribution >= 4 is 32.3 Å². The van der Waals surface area contributed by atoms with Crippen LogP contribution in [0.5, 0.6) is 0 Å². The highest BCUT2D eigenvalue weighted by atomic mass is 79.9. The Balaban J connectivity index is 0.00000264. The van der Waals surface area contributed by atoms with E-state index in [9.17, 15) is 5.11 Å². The van der Waals surface area contributed by atoms with Crippen molar-refractivity contribution < 1.29 is 26.6 Å². The van der Waals surface area contributed by atoms with Gasteiger partial charge in [0.25, 0.3) is 0 Å². The number of hydrogen-bond donors (Lipinski definition) is 1. The highest BCUT2D eigenvalue weighted by Gasteiger charge is 2.54. The lowest BCUT2D eigenvalue weighted by Gasteiger charge is -2.58. The molecule has 5 aromatic carbocycles. The van der Waals surface area contributed by atoms with Crippen LogP contribution < -0.4 is 17.0 Å². The minimum Gasteiger partial charge on any atom is -1.00 e. The van der Waals surface area contributed by atoms with Gasteiger partial charge in [0.2, 0.25) is 0 Å². The molecule has 0 radical (unpaired) electrons. The van der Waals surface area contributed by atoms with Gasteiger partial charge in [-0.05, 0) is 49.9 Å². The van der Waals surface area contributed by atoms with E-state index in [1.807, 2.05) is 0 Å². The van der Waals surface area contributed by atoms with Gasteiger partial charge in [-0.2, -0.15) is 0 Å². The lowest BCUT2D eigenvalue weighted by atomic mass is 9.70. The second-order valence-corrected chi connectivity index (χ2v) is 11.3. The van der Waals surface area contributed by atoms with Gasteiger partial charge in [-0.1, -0.05) is 97.1 Å². The summed E-state index contributed by atoms with van der Waals surface area (Å²) in [6.07, 6.45) is 3.95. The Bertz CT molecular complexity index is 1580. The van der Waals surface area contributed by atoms with Crippen LogP contribution in [0.1, 0.15) is 30.1 Å². The van der Waals surface area contributed by atoms with E-state index < -0.39 is 6.10 Å². The van der Waals surface area contributed by atoms with Gasteiger partial charge < -0.3 is 26.6 Å². The molecule has 192 valence electrons. The summed E-state index contributed by atoms with van der Waals surface area (Å²) in [6, 6.07) is 35.0. The van der Waals surface area contributed by atoms with E-state index in [0.717, 1.165) is 36.1 Å². The normalized spacial score (nSPS) is 25.3. The summed E-state index contributed by atoms with van der Waals surface area (Å²) in [5.74, 6) is 1.11. The van der Waals surface area contributed by atoms with Gasteiger partial charge in [-0.25, -0.2) is 0 Å². The molecule has 0 amide bonds. The molecule has 1 N–H and O–H groups in total. The lowest BCUT2D eigenvalue weighted by molar-refractivity contribution is -0.984. The molecule has 3 heterocycles. The smallest absolute Gasteiger partial charge is 0.131 e. The highest BCUT2D eigenvalue weighted by Crippen LogP contribution is 2.49. The van der Waals surface area contributed by atoms with Crippen molar-refractivity contribution in [2.24, 2.45) is 11.8 Å². The Morgan fingerprint density at radius 2 is 1.42 bits per heavy atom. The average molecular weight is 565 g/mol. The number of quaternary nitrogens is 1. The Kier molecular flexibility index (Phi) is 6.63. The molecule has 5 unspecified atom stereocenters. The second-order valence-electron chi connectivity index (χ2n) is 11.3. The fourth-order valence-electron chi connectivity index (χ4n) is 7.69. The SMILES string of the molecule is C=CC1C[N+]2(Cc3c4ccccc4cc4ccccc34)CCC1CC2C(O)c1cccc2ccccc12.[Br-]. The summed E-state index contributed by atoms with van der Waals surface area (Å²) in [5, 5.41) is 19.8. The van der Waals surface area contributed by atoms with Crippen LogP contribution in [0.2, 0.25) is 0 Å². The topological polar surface area (TPSA) is 20.2 Å². The third-order valence-electron chi connectivity index (χ3n) is 9.54. The number of benzene rings is 5. The van der Waals surface area contributed by atoms with Crippen molar-refractivity contribution in [2.45, 2.75) is 31.5 Å². The molecule has 38 heavy (non-hydrogen) atoms. The van der Waals surface area contributed by atoms with Gasteiger partial charge >= 0.3 is 0 Å². The Labute approximate surface area is 235 Å². The fraction of sp³-hybridized carbons (Fsp3) is 0.257. The molecule has 3 aliphatic heterocycles. The van der Waals surface area contributed by atoms with Gasteiger partial charge in [0.05, 0.1) is 13.1 Å². The molecule has 5 aromatic rings. The lowest BCUT2D eigenvalue weighted by Crippen LogP contribution is -3.00. The first-order valence-corrected chi connectivity index (χ1v) is 13.7. The third kappa shape index (κ3) is 4.00. The molecule has 0 aliphatic carbocycles. The number of fused-ring (bicyclic) bond motifs is 6. The quantitative estimate of drug-likeness (QED) is 0.185.